The molecule has 1 fully saturated rings. The van der Waals surface area contributed by atoms with Crippen LogP contribution in [-0.4, -0.2) is 72.9 Å². The third-order valence-corrected chi connectivity index (χ3v) is 11.4. The van der Waals surface area contributed by atoms with Crippen molar-refractivity contribution in [1.82, 2.24) is 24.8 Å². The molecule has 2 aromatic heterocycles. The van der Waals surface area contributed by atoms with Crippen LogP contribution in [0.25, 0.3) is 16.8 Å². The standard InChI is InChI=1S/C45H57BF2N6O4/c1-30-25-32(3)53-40(30)39(41-31(2)26-33(4)54(41)46(53,47)48)37-20-18-36(19-21-37)38-27-52(51-50-38)24-12-10-11-13-34-14-16-35(17-15-34)22-23-45(28-56-44(8,9)57-29-45)49-42(55)58-43(5,6)7/h14-21,25-27H,10-13,22-24,28-29H2,1-9H3,(H,49,55). The molecule has 10 nitrogen and oxygen atoms in total. The van der Waals surface area contributed by atoms with Crippen LogP contribution < -0.4 is 5.32 Å². The average Bonchev–Trinajstić information content (AvgIpc) is 3.84. The Morgan fingerprint density at radius 1 is 0.931 bits per heavy atom. The van der Waals surface area contributed by atoms with E-state index in [-0.39, 0.29) is 0 Å². The maximum atomic E-state index is 16.0. The van der Waals surface area contributed by atoms with Gasteiger partial charge in [-0.15, -0.1) is 5.10 Å². The van der Waals surface area contributed by atoms with E-state index in [1.165, 1.54) is 20.1 Å². The first-order valence-electron chi connectivity index (χ1n) is 20.5. The second kappa shape index (κ2) is 15.7. The van der Waals surface area contributed by atoms with Crippen LogP contribution >= 0.6 is 0 Å². The number of carbonyl (C=O) groups excluding carboxylic acids is 1. The van der Waals surface area contributed by atoms with Crippen molar-refractivity contribution in [2.24, 2.45) is 0 Å². The molecule has 3 aliphatic heterocycles. The zero-order valence-corrected chi connectivity index (χ0v) is 35.4. The zero-order valence-electron chi connectivity index (χ0n) is 35.4. The highest BCUT2D eigenvalue weighted by atomic mass is 19.2. The molecule has 13 heteroatoms. The highest BCUT2D eigenvalue weighted by Gasteiger charge is 2.55. The van der Waals surface area contributed by atoms with Gasteiger partial charge in [0.15, 0.2) is 11.5 Å². The Kier molecular flexibility index (Phi) is 11.2. The van der Waals surface area contributed by atoms with Crippen molar-refractivity contribution in [2.75, 3.05) is 13.2 Å². The Labute approximate surface area is 341 Å². The smallest absolute Gasteiger partial charge is 0.444 e. The van der Waals surface area contributed by atoms with Crippen molar-refractivity contribution in [2.45, 2.75) is 124 Å². The molecule has 0 aliphatic carbocycles. The molecular formula is C45H57BF2N6O4. The van der Waals surface area contributed by atoms with Crippen LogP contribution in [0.3, 0.4) is 0 Å². The quantitative estimate of drug-likeness (QED) is 0.114. The number of aromatic nitrogens is 4. The van der Waals surface area contributed by atoms with E-state index in [0.29, 0.717) is 42.4 Å². The van der Waals surface area contributed by atoms with E-state index in [1.54, 1.807) is 13.8 Å². The molecule has 7 rings (SSSR count). The first kappa shape index (κ1) is 41.3. The number of amides is 1. The van der Waals surface area contributed by atoms with E-state index in [9.17, 15) is 4.79 Å². The summed E-state index contributed by atoms with van der Waals surface area (Å²) in [6.45, 7) is 14.1. The monoisotopic (exact) mass is 794 g/mol. The van der Waals surface area contributed by atoms with Crippen molar-refractivity contribution in [3.05, 3.63) is 112 Å². The SMILES string of the molecule is CC1=CC(C)=[N+]2C1=C(c1ccc(-c3cn(CCCCCc4ccc(CCC5(NC(=O)OC(C)(C)C)COC(C)(C)OC5)cc4)nn3)cc1)c1c(C)cc(C)n1[B-]2(F)F. The number of rotatable bonds is 12. The fraction of sp³-hybridized carbons (Fsp3) is 0.467. The highest BCUT2D eigenvalue weighted by Crippen LogP contribution is 2.44. The van der Waals surface area contributed by atoms with Crippen molar-refractivity contribution >= 4 is 24.3 Å². The number of carbonyl (C=O) groups is 1. The molecule has 0 bridgehead atoms. The number of ether oxygens (including phenoxy) is 3. The number of hydrogen-bond acceptors (Lipinski definition) is 6. The number of alkyl carbamates (subject to hydrolysis) is 1. The van der Waals surface area contributed by atoms with E-state index in [1.807, 2.05) is 95.8 Å². The van der Waals surface area contributed by atoms with E-state index in [0.717, 1.165) is 72.2 Å². The van der Waals surface area contributed by atoms with Crippen molar-refractivity contribution in [1.29, 1.82) is 0 Å². The molecule has 1 N–H and O–H groups in total. The Morgan fingerprint density at radius 2 is 1.57 bits per heavy atom. The minimum Gasteiger partial charge on any atom is -0.444 e. The lowest BCUT2D eigenvalue weighted by Crippen LogP contribution is -2.61. The van der Waals surface area contributed by atoms with Crippen LogP contribution in [0.1, 0.15) is 108 Å². The van der Waals surface area contributed by atoms with Crippen molar-refractivity contribution < 1.29 is 32.1 Å². The number of hydrogen-bond donors (Lipinski definition) is 1. The maximum Gasteiger partial charge on any atom is 0.737 e. The van der Waals surface area contributed by atoms with E-state index < -0.39 is 30.0 Å². The van der Waals surface area contributed by atoms with E-state index in [4.69, 9.17) is 14.2 Å². The molecule has 1 amide bonds. The Morgan fingerprint density at radius 3 is 2.22 bits per heavy atom. The summed E-state index contributed by atoms with van der Waals surface area (Å²) < 4.78 is 53.9. The van der Waals surface area contributed by atoms with Gasteiger partial charge in [0.05, 0.1) is 30.5 Å². The van der Waals surface area contributed by atoms with Gasteiger partial charge in [0.25, 0.3) is 0 Å². The van der Waals surface area contributed by atoms with Gasteiger partial charge < -0.3 is 37.1 Å². The first-order valence-corrected chi connectivity index (χ1v) is 20.5. The van der Waals surface area contributed by atoms with E-state index in [2.05, 4.69) is 39.9 Å². The zero-order chi connectivity index (χ0) is 41.6. The molecule has 3 aliphatic rings. The first-order chi connectivity index (χ1) is 27.3. The minimum atomic E-state index is -4.01. The summed E-state index contributed by atoms with van der Waals surface area (Å²) in [6.07, 6.45) is 8.86. The lowest BCUT2D eigenvalue weighted by Gasteiger charge is -2.44. The number of nitrogens with zero attached hydrogens (tertiary/aromatic N) is 5. The molecular weight excluding hydrogens is 737 g/mol. The third-order valence-electron chi connectivity index (χ3n) is 11.4. The summed E-state index contributed by atoms with van der Waals surface area (Å²) in [5.41, 5.74) is 8.56. The van der Waals surface area contributed by atoms with Gasteiger partial charge in [-0.25, -0.2) is 4.79 Å². The summed E-state index contributed by atoms with van der Waals surface area (Å²) >= 11 is 0. The molecule has 5 heterocycles. The molecule has 2 aromatic carbocycles. The summed E-state index contributed by atoms with van der Waals surface area (Å²) in [7, 11) is 0. The number of benzene rings is 2. The van der Waals surface area contributed by atoms with Crippen LogP contribution in [0.4, 0.5) is 13.4 Å². The predicted octanol–water partition coefficient (Wildman–Crippen LogP) is 9.18. The molecule has 0 atom stereocenters. The minimum absolute atomic E-state index is 0.346. The van der Waals surface area contributed by atoms with Gasteiger partial charge in [0.2, 0.25) is 0 Å². The number of fused-ring (bicyclic) bond motifs is 2. The molecule has 58 heavy (non-hydrogen) atoms. The van der Waals surface area contributed by atoms with Gasteiger partial charge in [-0.1, -0.05) is 60.2 Å². The second-order valence-electron chi connectivity index (χ2n) is 17.8. The fourth-order valence-electron chi connectivity index (χ4n) is 8.46. The van der Waals surface area contributed by atoms with Crippen LogP contribution in [-0.2, 0) is 33.6 Å². The summed E-state index contributed by atoms with van der Waals surface area (Å²) in [5.74, 6) is -0.697. The Hall–Kier alpha value is -4.88. The number of halogens is 2. The molecule has 0 saturated carbocycles. The number of nitrogens with one attached hydrogen (secondary N) is 1. The Balaban J connectivity index is 0.910. The predicted molar refractivity (Wildman–Crippen MR) is 224 cm³/mol. The van der Waals surface area contributed by atoms with Crippen molar-refractivity contribution in [3.63, 3.8) is 0 Å². The molecule has 1 saturated heterocycles. The highest BCUT2D eigenvalue weighted by molar-refractivity contribution is 6.58. The van der Waals surface area contributed by atoms with Gasteiger partial charge in [0.1, 0.15) is 17.0 Å². The largest absolute Gasteiger partial charge is 0.737 e. The molecule has 0 unspecified atom stereocenters. The van der Waals surface area contributed by atoms with Crippen LogP contribution in [0.2, 0.25) is 0 Å². The van der Waals surface area contributed by atoms with E-state index >= 15 is 8.63 Å². The molecule has 308 valence electrons. The number of aryl methyl sites for hydroxylation is 5. The molecule has 0 spiro atoms. The van der Waals surface area contributed by atoms with Gasteiger partial charge in [-0.05, 0) is 122 Å². The summed E-state index contributed by atoms with van der Waals surface area (Å²) in [6, 6.07) is 18.6. The second-order valence-corrected chi connectivity index (χ2v) is 17.8. The Bertz CT molecular complexity index is 2270. The fourth-order valence-corrected chi connectivity index (χ4v) is 8.46. The van der Waals surface area contributed by atoms with Gasteiger partial charge >= 0.3 is 13.1 Å². The molecule has 4 aromatic rings. The summed E-state index contributed by atoms with van der Waals surface area (Å²) in [4.78, 5) is 12.7. The molecule has 0 radical (unpaired) electrons. The summed E-state index contributed by atoms with van der Waals surface area (Å²) in [5, 5.41) is 11.9. The van der Waals surface area contributed by atoms with Gasteiger partial charge in [0, 0.05) is 36.4 Å². The van der Waals surface area contributed by atoms with Gasteiger partial charge in [-0.3, -0.25) is 4.68 Å². The van der Waals surface area contributed by atoms with Crippen LogP contribution in [0.5, 0.6) is 0 Å². The van der Waals surface area contributed by atoms with Gasteiger partial charge in [-0.2, -0.15) is 0 Å². The number of unbranched alkanes of at least 4 members (excludes halogenated alkanes) is 2. The van der Waals surface area contributed by atoms with Crippen LogP contribution in [0, 0.1) is 13.8 Å². The van der Waals surface area contributed by atoms with Crippen LogP contribution in [0.15, 0.2) is 78.1 Å². The topological polar surface area (TPSA) is 95.4 Å². The normalized spacial score (nSPS) is 18.2. The lowest BCUT2D eigenvalue weighted by molar-refractivity contribution is -0.363. The maximum absolute atomic E-state index is 16.0. The lowest BCUT2D eigenvalue weighted by atomic mass is 9.83. The third kappa shape index (κ3) is 8.61. The number of allylic oxidation sites excluding steroid dienone is 2. The van der Waals surface area contributed by atoms with Crippen molar-refractivity contribution in [3.8, 4) is 11.3 Å². The average molecular weight is 795 g/mol.